The van der Waals surface area contributed by atoms with E-state index in [1.165, 1.54) is 0 Å². The summed E-state index contributed by atoms with van der Waals surface area (Å²) >= 11 is 0. The van der Waals surface area contributed by atoms with Crippen molar-refractivity contribution in [2.75, 3.05) is 19.8 Å². The summed E-state index contributed by atoms with van der Waals surface area (Å²) in [7, 11) is 0. The average molecular weight is 242 g/mol. The van der Waals surface area contributed by atoms with Crippen LogP contribution in [0.5, 0.6) is 0 Å². The molecule has 0 aliphatic carbocycles. The Morgan fingerprint density at radius 1 is 1.24 bits per heavy atom. The first kappa shape index (κ1) is 14.5. The lowest BCUT2D eigenvalue weighted by molar-refractivity contribution is -0.130. The van der Waals surface area contributed by atoms with Gasteiger partial charge in [-0.15, -0.1) is 0 Å². The highest BCUT2D eigenvalue weighted by atomic mass is 16.5. The van der Waals surface area contributed by atoms with Gasteiger partial charge in [0.2, 0.25) is 5.91 Å². The molecule has 100 valence electrons. The van der Waals surface area contributed by atoms with Gasteiger partial charge in [-0.3, -0.25) is 10.1 Å². The highest BCUT2D eigenvalue weighted by Crippen LogP contribution is 2.15. The van der Waals surface area contributed by atoms with Crippen molar-refractivity contribution >= 4 is 5.91 Å². The Labute approximate surface area is 105 Å². The topological polar surface area (TPSA) is 41.6 Å². The van der Waals surface area contributed by atoms with Crippen LogP contribution in [-0.2, 0) is 9.53 Å². The van der Waals surface area contributed by atoms with Gasteiger partial charge < -0.3 is 9.64 Å². The molecule has 1 fully saturated rings. The number of unbranched alkanes of at least 4 members (excludes halogenated alkanes) is 1. The van der Waals surface area contributed by atoms with E-state index in [1.807, 2.05) is 11.8 Å². The molecule has 0 aromatic carbocycles. The van der Waals surface area contributed by atoms with Crippen molar-refractivity contribution in [1.82, 2.24) is 10.2 Å². The maximum absolute atomic E-state index is 12.0. The zero-order valence-corrected chi connectivity index (χ0v) is 11.4. The van der Waals surface area contributed by atoms with Crippen LogP contribution in [0.1, 0.15) is 46.5 Å². The molecular weight excluding hydrogens is 216 g/mol. The molecule has 1 saturated heterocycles. The average Bonchev–Trinajstić information content (AvgIpc) is 2.65. The molecule has 1 heterocycles. The Bertz CT molecular complexity index is 233. The summed E-state index contributed by atoms with van der Waals surface area (Å²) in [6, 6.07) is 0.00981. The summed E-state index contributed by atoms with van der Waals surface area (Å²) < 4.78 is 5.52. The van der Waals surface area contributed by atoms with E-state index in [0.29, 0.717) is 13.2 Å². The van der Waals surface area contributed by atoms with Gasteiger partial charge in [0.15, 0.2) is 0 Å². The quantitative estimate of drug-likeness (QED) is 0.659. The van der Waals surface area contributed by atoms with Gasteiger partial charge in [0.05, 0.1) is 18.8 Å². The molecule has 1 aliphatic heterocycles. The minimum absolute atomic E-state index is 0.00981. The predicted molar refractivity (Wildman–Crippen MR) is 68.7 cm³/mol. The molecule has 0 aromatic heterocycles. The number of hydrogen-bond donors (Lipinski definition) is 1. The van der Waals surface area contributed by atoms with Crippen molar-refractivity contribution in [2.45, 2.75) is 58.7 Å². The normalized spacial score (nSPS) is 24.6. The van der Waals surface area contributed by atoms with Crippen LogP contribution in [-0.4, -0.2) is 42.8 Å². The highest BCUT2D eigenvalue weighted by molar-refractivity contribution is 5.84. The van der Waals surface area contributed by atoms with Gasteiger partial charge in [0.1, 0.15) is 0 Å². The SMILES string of the molecule is CCCCOCCN1C(=O)C(CC)NC1CC. The predicted octanol–water partition coefficient (Wildman–Crippen LogP) is 1.75. The minimum Gasteiger partial charge on any atom is -0.380 e. The molecule has 1 N–H and O–H groups in total. The molecule has 0 bridgehead atoms. The van der Waals surface area contributed by atoms with E-state index in [1.54, 1.807) is 0 Å². The zero-order chi connectivity index (χ0) is 12.7. The third-order valence-electron chi connectivity index (χ3n) is 3.26. The first-order valence-electron chi connectivity index (χ1n) is 6.88. The highest BCUT2D eigenvalue weighted by Gasteiger charge is 2.36. The second kappa shape index (κ2) is 7.67. The number of rotatable bonds is 8. The monoisotopic (exact) mass is 242 g/mol. The van der Waals surface area contributed by atoms with Crippen LogP contribution < -0.4 is 5.32 Å². The molecule has 0 saturated carbocycles. The number of carbonyl (C=O) groups is 1. The van der Waals surface area contributed by atoms with Crippen LogP contribution in [0.2, 0.25) is 0 Å². The Morgan fingerprint density at radius 2 is 2.00 bits per heavy atom. The van der Waals surface area contributed by atoms with Crippen LogP contribution in [0, 0.1) is 0 Å². The maximum atomic E-state index is 12.0. The fourth-order valence-electron chi connectivity index (χ4n) is 2.16. The minimum atomic E-state index is 0.00981. The Kier molecular flexibility index (Phi) is 6.52. The van der Waals surface area contributed by atoms with Gasteiger partial charge in [-0.2, -0.15) is 0 Å². The van der Waals surface area contributed by atoms with Gasteiger partial charge in [-0.25, -0.2) is 0 Å². The number of nitrogens with zero attached hydrogens (tertiary/aromatic N) is 1. The Balaban J connectivity index is 2.32. The molecule has 1 amide bonds. The molecule has 4 heteroatoms. The van der Waals surface area contributed by atoms with E-state index in [9.17, 15) is 4.79 Å². The lowest BCUT2D eigenvalue weighted by Crippen LogP contribution is -2.39. The van der Waals surface area contributed by atoms with Crippen molar-refractivity contribution in [1.29, 1.82) is 0 Å². The summed E-state index contributed by atoms with van der Waals surface area (Å²) in [5.74, 6) is 0.235. The van der Waals surface area contributed by atoms with E-state index in [0.717, 1.165) is 32.3 Å². The molecule has 0 aromatic rings. The summed E-state index contributed by atoms with van der Waals surface area (Å²) in [5, 5.41) is 3.36. The summed E-state index contributed by atoms with van der Waals surface area (Å²) in [5.41, 5.74) is 0. The van der Waals surface area contributed by atoms with E-state index in [-0.39, 0.29) is 18.1 Å². The van der Waals surface area contributed by atoms with Gasteiger partial charge >= 0.3 is 0 Å². The van der Waals surface area contributed by atoms with Crippen molar-refractivity contribution in [2.24, 2.45) is 0 Å². The molecule has 2 atom stereocenters. The molecular formula is C13H26N2O2. The third-order valence-corrected chi connectivity index (χ3v) is 3.26. The Morgan fingerprint density at radius 3 is 2.59 bits per heavy atom. The summed E-state index contributed by atoms with van der Waals surface area (Å²) in [4.78, 5) is 14.0. The van der Waals surface area contributed by atoms with Gasteiger partial charge in [0, 0.05) is 13.2 Å². The number of ether oxygens (including phenoxy) is 1. The van der Waals surface area contributed by atoms with Crippen LogP contribution >= 0.6 is 0 Å². The van der Waals surface area contributed by atoms with Crippen LogP contribution in [0.4, 0.5) is 0 Å². The zero-order valence-electron chi connectivity index (χ0n) is 11.4. The second-order valence-corrected chi connectivity index (χ2v) is 4.55. The fraction of sp³-hybridized carbons (Fsp3) is 0.923. The van der Waals surface area contributed by atoms with E-state index in [4.69, 9.17) is 4.74 Å². The first-order chi connectivity index (χ1) is 8.24. The van der Waals surface area contributed by atoms with Gasteiger partial charge in [0.25, 0.3) is 0 Å². The first-order valence-corrected chi connectivity index (χ1v) is 6.88. The second-order valence-electron chi connectivity index (χ2n) is 4.55. The molecule has 1 aliphatic rings. The van der Waals surface area contributed by atoms with Gasteiger partial charge in [-0.05, 0) is 19.3 Å². The van der Waals surface area contributed by atoms with Crippen LogP contribution in [0.25, 0.3) is 0 Å². The number of amides is 1. The van der Waals surface area contributed by atoms with Crippen LogP contribution in [0.3, 0.4) is 0 Å². The van der Waals surface area contributed by atoms with E-state index >= 15 is 0 Å². The van der Waals surface area contributed by atoms with Crippen molar-refractivity contribution < 1.29 is 9.53 Å². The molecule has 4 nitrogen and oxygen atoms in total. The smallest absolute Gasteiger partial charge is 0.241 e. The largest absolute Gasteiger partial charge is 0.380 e. The lowest BCUT2D eigenvalue weighted by Gasteiger charge is -2.22. The van der Waals surface area contributed by atoms with Crippen molar-refractivity contribution in [3.8, 4) is 0 Å². The maximum Gasteiger partial charge on any atom is 0.241 e. The number of nitrogens with one attached hydrogen (secondary N) is 1. The van der Waals surface area contributed by atoms with Crippen LogP contribution in [0.15, 0.2) is 0 Å². The van der Waals surface area contributed by atoms with Gasteiger partial charge in [-0.1, -0.05) is 27.2 Å². The standard InChI is InChI=1S/C13H26N2O2/c1-4-7-9-17-10-8-15-12(6-3)14-11(5-2)13(15)16/h11-12,14H,4-10H2,1-3H3. The molecule has 0 radical (unpaired) electrons. The molecule has 1 rings (SSSR count). The number of hydrogen-bond acceptors (Lipinski definition) is 3. The molecule has 17 heavy (non-hydrogen) atoms. The molecule has 0 spiro atoms. The fourth-order valence-corrected chi connectivity index (χ4v) is 2.16. The number of carbonyl (C=O) groups excluding carboxylic acids is 1. The summed E-state index contributed by atoms with van der Waals surface area (Å²) in [6.45, 7) is 8.47. The van der Waals surface area contributed by atoms with Crippen molar-refractivity contribution in [3.05, 3.63) is 0 Å². The Hall–Kier alpha value is -0.610. The van der Waals surface area contributed by atoms with E-state index in [2.05, 4.69) is 19.2 Å². The van der Waals surface area contributed by atoms with Crippen molar-refractivity contribution in [3.63, 3.8) is 0 Å². The lowest BCUT2D eigenvalue weighted by atomic mass is 10.2. The summed E-state index contributed by atoms with van der Waals surface area (Å²) in [6.07, 6.45) is 4.27. The molecule has 2 unspecified atom stereocenters. The third kappa shape index (κ3) is 3.96. The van der Waals surface area contributed by atoms with E-state index < -0.39 is 0 Å².